The number of rotatable bonds is 16. The second-order valence-corrected chi connectivity index (χ2v) is 12.4. The highest BCUT2D eigenvalue weighted by atomic mass is 14.8. The molecule has 8 bridgehead atoms. The van der Waals surface area contributed by atoms with Crippen LogP contribution in [0.15, 0.2) is 61.2 Å². The number of aromatic amines is 2. The molecule has 5 rings (SSSR count). The van der Waals surface area contributed by atoms with Crippen LogP contribution in [0.1, 0.15) is 125 Å². The number of hydrogen-bond donors (Lipinski definition) is 3. The number of nitrogens with two attached hydrogens (primary N) is 1. The third-order valence-electron chi connectivity index (χ3n) is 8.42. The highest BCUT2D eigenvalue weighted by molar-refractivity contribution is 5.79. The summed E-state index contributed by atoms with van der Waals surface area (Å²) in [5.41, 5.74) is 14.8. The van der Waals surface area contributed by atoms with E-state index in [1.54, 1.807) is 0 Å². The molecule has 0 atom stereocenters. The Morgan fingerprint density at radius 3 is 1.89 bits per heavy atom. The molecule has 0 aromatic carbocycles. The fourth-order valence-corrected chi connectivity index (χ4v) is 5.85. The maximum Gasteiger partial charge on any atom is 0.0658 e. The van der Waals surface area contributed by atoms with Crippen LogP contribution in [0.25, 0.3) is 40.3 Å². The summed E-state index contributed by atoms with van der Waals surface area (Å²) < 4.78 is 0. The first kappa shape index (κ1) is 34.2. The Morgan fingerprint density at radius 2 is 1.24 bits per heavy atom. The summed E-state index contributed by atoms with van der Waals surface area (Å²) in [7, 11) is 0. The number of H-pyrrole nitrogens is 2. The van der Waals surface area contributed by atoms with Crippen molar-refractivity contribution in [2.45, 2.75) is 110 Å². The zero-order valence-corrected chi connectivity index (χ0v) is 27.6. The highest BCUT2D eigenvalue weighted by Crippen LogP contribution is 2.20. The smallest absolute Gasteiger partial charge is 0.0658 e. The van der Waals surface area contributed by atoms with E-state index >= 15 is 0 Å². The van der Waals surface area contributed by atoms with Gasteiger partial charge in [-0.15, -0.1) is 0 Å². The Balaban J connectivity index is 0.000000218. The van der Waals surface area contributed by atoms with Crippen LogP contribution in [0.3, 0.4) is 0 Å². The highest BCUT2D eigenvalue weighted by Gasteiger charge is 2.07. The summed E-state index contributed by atoms with van der Waals surface area (Å²) >= 11 is 0. The van der Waals surface area contributed by atoms with Crippen molar-refractivity contribution in [3.05, 3.63) is 89.5 Å². The number of fused-ring (bicyclic) bond motifs is 8. The molecule has 0 saturated heterocycles. The third kappa shape index (κ3) is 12.3. The summed E-state index contributed by atoms with van der Waals surface area (Å²) in [4.78, 5) is 16.3. The lowest BCUT2D eigenvalue weighted by molar-refractivity contribution is 0.599. The molecule has 45 heavy (non-hydrogen) atoms. The van der Waals surface area contributed by atoms with Crippen molar-refractivity contribution < 1.29 is 0 Å². The summed E-state index contributed by atoms with van der Waals surface area (Å²) in [6, 6.07) is 14.6. The van der Waals surface area contributed by atoms with Crippen LogP contribution in [-0.2, 0) is 12.8 Å². The van der Waals surface area contributed by atoms with E-state index in [9.17, 15) is 0 Å². The molecule has 240 valence electrons. The van der Waals surface area contributed by atoms with E-state index in [0.29, 0.717) is 0 Å². The van der Waals surface area contributed by atoms with Gasteiger partial charge in [-0.1, -0.05) is 89.5 Å². The molecule has 5 nitrogen and oxygen atoms in total. The van der Waals surface area contributed by atoms with E-state index in [2.05, 4.69) is 83.1 Å². The molecular weight excluding hydrogens is 550 g/mol. The SMILES string of the molecule is C=Cc1cc2cc3nc(cc4ccc(cc5nc(cc1[nH]2)C=C5)[nH]4)CC3.CCCCCCCC/C=C\CCCCCCCCN. The van der Waals surface area contributed by atoms with Crippen molar-refractivity contribution in [3.63, 3.8) is 0 Å². The number of nitrogens with zero attached hydrogens (tertiary/aromatic N) is 2. The minimum atomic E-state index is 0.862. The standard InChI is InChI=1S/C22H18N4.C18H37N/c1-2-14-9-21-12-19-6-5-17(24-19)10-15-3-4-16(23-15)11-18-7-8-20(25-18)13-22(14)26-21;1-2-3-4-5-6-7-8-9-10-11-12-13-14-15-16-17-18-19/h2-4,7-13,23,26H,1,5-6H2;9-10H,2-8,11-19H2,1H3/b;10-9-. The lowest BCUT2D eigenvalue weighted by atomic mass is 10.1. The normalized spacial score (nSPS) is 12.4. The van der Waals surface area contributed by atoms with Crippen molar-refractivity contribution >= 4 is 40.3 Å². The van der Waals surface area contributed by atoms with E-state index in [1.807, 2.05) is 18.2 Å². The van der Waals surface area contributed by atoms with Gasteiger partial charge in [0.1, 0.15) is 0 Å². The van der Waals surface area contributed by atoms with Crippen molar-refractivity contribution in [1.82, 2.24) is 19.9 Å². The van der Waals surface area contributed by atoms with Crippen LogP contribution in [0, 0.1) is 0 Å². The van der Waals surface area contributed by atoms with Gasteiger partial charge in [-0.2, -0.15) is 0 Å². The van der Waals surface area contributed by atoms with Gasteiger partial charge in [-0.25, -0.2) is 4.98 Å². The fraction of sp³-hybridized carbons (Fsp3) is 0.450. The number of hydrogen-bond acceptors (Lipinski definition) is 3. The lowest BCUT2D eigenvalue weighted by Gasteiger charge is -1.99. The lowest BCUT2D eigenvalue weighted by Crippen LogP contribution is -1.97. The molecule has 5 heterocycles. The van der Waals surface area contributed by atoms with Crippen LogP contribution >= 0.6 is 0 Å². The quantitative estimate of drug-likeness (QED) is 0.0877. The first-order valence-corrected chi connectivity index (χ1v) is 17.5. The third-order valence-corrected chi connectivity index (χ3v) is 8.42. The molecule has 0 saturated carbocycles. The van der Waals surface area contributed by atoms with Crippen molar-refractivity contribution in [3.8, 4) is 0 Å². The van der Waals surface area contributed by atoms with Gasteiger partial charge in [0.2, 0.25) is 0 Å². The minimum absolute atomic E-state index is 0.862. The topological polar surface area (TPSA) is 83.4 Å². The molecule has 0 fully saturated rings. The van der Waals surface area contributed by atoms with E-state index in [-0.39, 0.29) is 0 Å². The van der Waals surface area contributed by atoms with Crippen LogP contribution in [0.4, 0.5) is 0 Å². The maximum atomic E-state index is 5.47. The Labute approximate surface area is 271 Å². The summed E-state index contributed by atoms with van der Waals surface area (Å²) in [6.07, 6.45) is 31.7. The van der Waals surface area contributed by atoms with Crippen LogP contribution in [-0.4, -0.2) is 26.5 Å². The summed E-state index contributed by atoms with van der Waals surface area (Å²) in [6.45, 7) is 7.07. The summed E-state index contributed by atoms with van der Waals surface area (Å²) in [5, 5.41) is 0. The van der Waals surface area contributed by atoms with Gasteiger partial charge in [-0.05, 0) is 112 Å². The molecule has 3 aromatic rings. The predicted molar refractivity (Wildman–Crippen MR) is 196 cm³/mol. The van der Waals surface area contributed by atoms with Crippen molar-refractivity contribution in [1.29, 1.82) is 0 Å². The van der Waals surface area contributed by atoms with E-state index in [1.165, 1.54) is 89.9 Å². The molecule has 5 heteroatoms. The maximum absolute atomic E-state index is 5.47. The Morgan fingerprint density at radius 1 is 0.667 bits per heavy atom. The zero-order chi connectivity index (χ0) is 31.5. The van der Waals surface area contributed by atoms with Gasteiger partial charge in [0, 0.05) is 33.5 Å². The van der Waals surface area contributed by atoms with Gasteiger partial charge in [0.05, 0.1) is 11.4 Å². The minimum Gasteiger partial charge on any atom is -0.355 e. The Kier molecular flexibility index (Phi) is 14.9. The second kappa shape index (κ2) is 19.6. The van der Waals surface area contributed by atoms with Crippen molar-refractivity contribution in [2.75, 3.05) is 6.54 Å². The average molecular weight is 606 g/mol. The summed E-state index contributed by atoms with van der Waals surface area (Å²) in [5.74, 6) is 0. The molecule has 0 aliphatic carbocycles. The molecule has 2 aliphatic rings. The number of unbranched alkanes of at least 4 members (excludes halogenated alkanes) is 12. The van der Waals surface area contributed by atoms with Crippen LogP contribution < -0.4 is 5.73 Å². The van der Waals surface area contributed by atoms with E-state index < -0.39 is 0 Å². The van der Waals surface area contributed by atoms with Gasteiger partial charge in [0.25, 0.3) is 0 Å². The number of aryl methyl sites for hydroxylation is 2. The van der Waals surface area contributed by atoms with Gasteiger partial charge in [0.15, 0.2) is 0 Å². The first-order chi connectivity index (χ1) is 22.2. The molecule has 3 aromatic heterocycles. The van der Waals surface area contributed by atoms with Crippen LogP contribution in [0.5, 0.6) is 0 Å². The number of aromatic nitrogens is 4. The molecule has 2 aliphatic heterocycles. The zero-order valence-electron chi connectivity index (χ0n) is 27.6. The Bertz CT molecular complexity index is 1540. The monoisotopic (exact) mass is 605 g/mol. The van der Waals surface area contributed by atoms with Crippen LogP contribution in [0.2, 0.25) is 0 Å². The fourth-order valence-electron chi connectivity index (χ4n) is 5.85. The van der Waals surface area contributed by atoms with Crippen molar-refractivity contribution in [2.24, 2.45) is 5.73 Å². The number of nitrogens with one attached hydrogen (secondary N) is 2. The van der Waals surface area contributed by atoms with Gasteiger partial charge in [-0.3, -0.25) is 4.98 Å². The Hall–Kier alpha value is -3.70. The molecule has 4 N–H and O–H groups in total. The first-order valence-electron chi connectivity index (χ1n) is 17.5. The van der Waals surface area contributed by atoms with Gasteiger partial charge >= 0.3 is 0 Å². The second-order valence-electron chi connectivity index (χ2n) is 12.4. The predicted octanol–water partition coefficient (Wildman–Crippen LogP) is 10.9. The molecule has 0 amide bonds. The van der Waals surface area contributed by atoms with E-state index in [0.717, 1.165) is 69.8 Å². The molecular formula is C40H55N5. The molecule has 0 spiro atoms. The average Bonchev–Trinajstić information content (AvgIpc) is 3.85. The molecule has 0 radical (unpaired) electrons. The number of allylic oxidation sites excluding steroid dienone is 2. The largest absolute Gasteiger partial charge is 0.355 e. The molecule has 0 unspecified atom stereocenters. The van der Waals surface area contributed by atoms with Gasteiger partial charge < -0.3 is 15.7 Å². The van der Waals surface area contributed by atoms with E-state index in [4.69, 9.17) is 10.7 Å².